The molecule has 0 bridgehead atoms. The predicted octanol–water partition coefficient (Wildman–Crippen LogP) is 4.64. The van der Waals surface area contributed by atoms with Crippen molar-refractivity contribution in [2.24, 2.45) is 0 Å². The van der Waals surface area contributed by atoms with E-state index in [2.05, 4.69) is 13.8 Å². The SMILES string of the molecule is COc1ccc(C(Cc2cccc([N+](=O)[O-])c2)=C(C)C)cc1. The van der Waals surface area contributed by atoms with Crippen LogP contribution in [0.2, 0.25) is 0 Å². The number of rotatable bonds is 5. The summed E-state index contributed by atoms with van der Waals surface area (Å²) in [7, 11) is 1.64. The maximum Gasteiger partial charge on any atom is 0.269 e. The number of benzene rings is 2. The van der Waals surface area contributed by atoms with Crippen LogP contribution in [-0.2, 0) is 6.42 Å². The van der Waals surface area contributed by atoms with Crippen molar-refractivity contribution < 1.29 is 9.66 Å². The van der Waals surface area contributed by atoms with E-state index in [9.17, 15) is 10.1 Å². The molecule has 0 aliphatic heterocycles. The fourth-order valence-electron chi connectivity index (χ4n) is 2.34. The Morgan fingerprint density at radius 1 is 1.14 bits per heavy atom. The zero-order chi connectivity index (χ0) is 16.1. The quantitative estimate of drug-likeness (QED) is 0.596. The van der Waals surface area contributed by atoms with Crippen LogP contribution in [0, 0.1) is 10.1 Å². The Morgan fingerprint density at radius 2 is 1.82 bits per heavy atom. The highest BCUT2D eigenvalue weighted by Crippen LogP contribution is 2.26. The molecule has 0 spiro atoms. The lowest BCUT2D eigenvalue weighted by atomic mass is 9.94. The summed E-state index contributed by atoms with van der Waals surface area (Å²) in [5.41, 5.74) is 4.52. The Kier molecular flexibility index (Phi) is 4.94. The second-order valence-electron chi connectivity index (χ2n) is 5.31. The highest BCUT2D eigenvalue weighted by molar-refractivity contribution is 5.70. The number of ether oxygens (including phenoxy) is 1. The fraction of sp³-hybridized carbons (Fsp3) is 0.222. The first-order valence-electron chi connectivity index (χ1n) is 7.05. The van der Waals surface area contributed by atoms with Crippen molar-refractivity contribution in [3.8, 4) is 5.75 Å². The van der Waals surface area contributed by atoms with E-state index in [0.29, 0.717) is 6.42 Å². The molecule has 0 saturated carbocycles. The van der Waals surface area contributed by atoms with Gasteiger partial charge in [-0.05, 0) is 49.1 Å². The molecule has 0 aliphatic carbocycles. The van der Waals surface area contributed by atoms with Crippen molar-refractivity contribution in [2.45, 2.75) is 20.3 Å². The van der Waals surface area contributed by atoms with Crippen LogP contribution in [0.1, 0.15) is 25.0 Å². The van der Waals surface area contributed by atoms with Gasteiger partial charge in [0, 0.05) is 12.1 Å². The molecule has 0 radical (unpaired) electrons. The lowest BCUT2D eigenvalue weighted by Crippen LogP contribution is -1.95. The van der Waals surface area contributed by atoms with Gasteiger partial charge in [-0.25, -0.2) is 0 Å². The van der Waals surface area contributed by atoms with Crippen molar-refractivity contribution in [1.29, 1.82) is 0 Å². The van der Waals surface area contributed by atoms with Crippen molar-refractivity contribution in [3.05, 3.63) is 75.3 Å². The number of nitro groups is 1. The number of non-ortho nitro benzene ring substituents is 1. The zero-order valence-corrected chi connectivity index (χ0v) is 13.0. The summed E-state index contributed by atoms with van der Waals surface area (Å²) in [5.74, 6) is 0.812. The van der Waals surface area contributed by atoms with Gasteiger partial charge in [0.2, 0.25) is 0 Å². The van der Waals surface area contributed by atoms with Crippen molar-refractivity contribution in [1.82, 2.24) is 0 Å². The summed E-state index contributed by atoms with van der Waals surface area (Å²) >= 11 is 0. The number of nitro benzene ring substituents is 1. The van der Waals surface area contributed by atoms with E-state index in [1.165, 1.54) is 17.2 Å². The molecular formula is C18H19NO3. The molecule has 0 aromatic heterocycles. The van der Waals surface area contributed by atoms with E-state index >= 15 is 0 Å². The molecule has 0 unspecified atom stereocenters. The molecule has 4 heteroatoms. The third-order valence-electron chi connectivity index (χ3n) is 3.54. The van der Waals surface area contributed by atoms with E-state index in [0.717, 1.165) is 16.9 Å². The van der Waals surface area contributed by atoms with Gasteiger partial charge in [-0.1, -0.05) is 29.8 Å². The average Bonchev–Trinajstić information content (AvgIpc) is 2.53. The molecule has 2 rings (SSSR count). The first-order chi connectivity index (χ1) is 10.5. The first-order valence-corrected chi connectivity index (χ1v) is 7.05. The minimum atomic E-state index is -0.362. The van der Waals surface area contributed by atoms with E-state index in [-0.39, 0.29) is 10.6 Å². The van der Waals surface area contributed by atoms with Gasteiger partial charge in [0.15, 0.2) is 0 Å². The van der Waals surface area contributed by atoms with Gasteiger partial charge < -0.3 is 4.74 Å². The maximum atomic E-state index is 10.9. The van der Waals surface area contributed by atoms with Gasteiger partial charge in [0.25, 0.3) is 5.69 Å². The Hall–Kier alpha value is -2.62. The van der Waals surface area contributed by atoms with Crippen LogP contribution in [-0.4, -0.2) is 12.0 Å². The minimum Gasteiger partial charge on any atom is -0.497 e. The van der Waals surface area contributed by atoms with Gasteiger partial charge in [0.05, 0.1) is 12.0 Å². The maximum absolute atomic E-state index is 10.9. The van der Waals surface area contributed by atoms with Crippen molar-refractivity contribution in [3.63, 3.8) is 0 Å². The molecule has 0 N–H and O–H groups in total. The summed E-state index contributed by atoms with van der Waals surface area (Å²) < 4.78 is 5.18. The molecular weight excluding hydrogens is 278 g/mol. The second-order valence-corrected chi connectivity index (χ2v) is 5.31. The molecule has 0 heterocycles. The standard InChI is InChI=1S/C18H19NO3/c1-13(2)18(15-7-9-17(22-3)10-8-15)12-14-5-4-6-16(11-14)19(20)21/h4-11H,12H2,1-3H3. The molecule has 0 amide bonds. The summed E-state index contributed by atoms with van der Waals surface area (Å²) in [6.45, 7) is 4.10. The summed E-state index contributed by atoms with van der Waals surface area (Å²) in [5, 5.41) is 10.9. The van der Waals surface area contributed by atoms with Crippen LogP contribution in [0.4, 0.5) is 5.69 Å². The monoisotopic (exact) mass is 297 g/mol. The van der Waals surface area contributed by atoms with Crippen molar-refractivity contribution >= 4 is 11.3 Å². The highest BCUT2D eigenvalue weighted by Gasteiger charge is 2.10. The molecule has 0 saturated heterocycles. The Morgan fingerprint density at radius 3 is 2.36 bits per heavy atom. The van der Waals surface area contributed by atoms with Crippen LogP contribution in [0.25, 0.3) is 5.57 Å². The smallest absolute Gasteiger partial charge is 0.269 e. The topological polar surface area (TPSA) is 52.4 Å². The van der Waals surface area contributed by atoms with E-state index < -0.39 is 0 Å². The number of nitrogens with zero attached hydrogens (tertiary/aromatic N) is 1. The Balaban J connectivity index is 2.32. The lowest BCUT2D eigenvalue weighted by Gasteiger charge is -2.11. The third-order valence-corrected chi connectivity index (χ3v) is 3.54. The lowest BCUT2D eigenvalue weighted by molar-refractivity contribution is -0.384. The zero-order valence-electron chi connectivity index (χ0n) is 13.0. The van der Waals surface area contributed by atoms with Gasteiger partial charge in [-0.15, -0.1) is 0 Å². The Labute approximate surface area is 130 Å². The average molecular weight is 297 g/mol. The number of hydrogen-bond acceptors (Lipinski definition) is 3. The minimum absolute atomic E-state index is 0.125. The molecule has 0 atom stereocenters. The molecule has 2 aromatic rings. The summed E-state index contributed by atoms with van der Waals surface area (Å²) in [6.07, 6.45) is 0.663. The second kappa shape index (κ2) is 6.89. The van der Waals surface area contributed by atoms with Gasteiger partial charge in [-0.2, -0.15) is 0 Å². The molecule has 0 aliphatic rings. The molecule has 0 fully saturated rings. The molecule has 22 heavy (non-hydrogen) atoms. The Bertz CT molecular complexity index is 699. The van der Waals surface area contributed by atoms with Crippen LogP contribution >= 0.6 is 0 Å². The van der Waals surface area contributed by atoms with Crippen LogP contribution in [0.15, 0.2) is 54.1 Å². The van der Waals surface area contributed by atoms with Crippen LogP contribution < -0.4 is 4.74 Å². The van der Waals surface area contributed by atoms with Gasteiger partial charge in [-0.3, -0.25) is 10.1 Å². The third kappa shape index (κ3) is 3.73. The number of methoxy groups -OCH3 is 1. The van der Waals surface area contributed by atoms with E-state index in [1.807, 2.05) is 30.3 Å². The summed E-state index contributed by atoms with van der Waals surface area (Å²) in [6, 6.07) is 14.7. The number of hydrogen-bond donors (Lipinski definition) is 0. The predicted molar refractivity (Wildman–Crippen MR) is 88.1 cm³/mol. The highest BCUT2D eigenvalue weighted by atomic mass is 16.6. The van der Waals surface area contributed by atoms with Crippen LogP contribution in [0.3, 0.4) is 0 Å². The first kappa shape index (κ1) is 15.8. The van der Waals surface area contributed by atoms with Gasteiger partial charge in [0.1, 0.15) is 5.75 Å². The van der Waals surface area contributed by atoms with E-state index in [1.54, 1.807) is 19.2 Å². The largest absolute Gasteiger partial charge is 0.497 e. The van der Waals surface area contributed by atoms with Crippen LogP contribution in [0.5, 0.6) is 5.75 Å². The molecule has 4 nitrogen and oxygen atoms in total. The molecule has 114 valence electrons. The normalized spacial score (nSPS) is 10.1. The number of allylic oxidation sites excluding steroid dienone is 2. The van der Waals surface area contributed by atoms with Gasteiger partial charge >= 0.3 is 0 Å². The van der Waals surface area contributed by atoms with E-state index in [4.69, 9.17) is 4.74 Å². The molecule has 2 aromatic carbocycles. The van der Waals surface area contributed by atoms with Crippen molar-refractivity contribution in [2.75, 3.05) is 7.11 Å². The summed E-state index contributed by atoms with van der Waals surface area (Å²) in [4.78, 5) is 10.5. The fourth-order valence-corrected chi connectivity index (χ4v) is 2.34.